The van der Waals surface area contributed by atoms with Crippen LogP contribution in [-0.2, 0) is 0 Å². The highest BCUT2D eigenvalue weighted by atomic mass is 79.9. The lowest BCUT2D eigenvalue weighted by Gasteiger charge is -2.07. The number of rotatable bonds is 0. The molecule has 0 radical (unpaired) electrons. The van der Waals surface area contributed by atoms with Crippen molar-refractivity contribution in [3.05, 3.63) is 45.4 Å². The number of hydrogen-bond donors (Lipinski definition) is 0. The molecule has 0 aliphatic heterocycles. The second-order valence-corrected chi connectivity index (χ2v) is 4.55. The van der Waals surface area contributed by atoms with Crippen molar-refractivity contribution < 1.29 is 0 Å². The molecule has 0 saturated heterocycles. The van der Waals surface area contributed by atoms with Gasteiger partial charge in [-0.25, -0.2) is 0 Å². The van der Waals surface area contributed by atoms with Gasteiger partial charge in [0.25, 0.3) is 0 Å². The van der Waals surface area contributed by atoms with E-state index in [1.165, 1.54) is 5.56 Å². The third-order valence-electron chi connectivity index (χ3n) is 2.61. The maximum Gasteiger partial charge on any atom is 0.100 e. The molecule has 0 saturated carbocycles. The first-order valence-electron chi connectivity index (χ1n) is 4.73. The molecule has 15 heavy (non-hydrogen) atoms. The van der Waals surface area contributed by atoms with E-state index in [1.807, 2.05) is 13.8 Å². The molecular formula is C13H10BrN. The molecule has 0 aliphatic carbocycles. The average Bonchev–Trinajstić information content (AvgIpc) is 2.21. The molecule has 74 valence electrons. The molecule has 0 atom stereocenters. The lowest BCUT2D eigenvalue weighted by Crippen LogP contribution is -1.88. The zero-order valence-electron chi connectivity index (χ0n) is 8.63. The fraction of sp³-hybridized carbons (Fsp3) is 0.154. The first kappa shape index (κ1) is 10.2. The van der Waals surface area contributed by atoms with Crippen molar-refractivity contribution in [3.63, 3.8) is 0 Å². The van der Waals surface area contributed by atoms with Gasteiger partial charge in [0.15, 0.2) is 0 Å². The van der Waals surface area contributed by atoms with E-state index in [4.69, 9.17) is 5.26 Å². The Morgan fingerprint density at radius 1 is 1.20 bits per heavy atom. The Balaban J connectivity index is 2.97. The summed E-state index contributed by atoms with van der Waals surface area (Å²) < 4.78 is 0.996. The summed E-state index contributed by atoms with van der Waals surface area (Å²) in [7, 11) is 0. The molecule has 0 aromatic heterocycles. The normalized spacial score (nSPS) is 10.3. The zero-order valence-corrected chi connectivity index (χ0v) is 10.2. The summed E-state index contributed by atoms with van der Waals surface area (Å²) in [6.45, 7) is 4.00. The summed E-state index contributed by atoms with van der Waals surface area (Å²) in [6.07, 6.45) is 0. The molecule has 0 aliphatic rings. The standard InChI is InChI=1S/C13H10BrN/c1-8-3-4-10-6-13(14)9(2)12(7-15)11(10)5-8/h3-6H,1-2H3. The van der Waals surface area contributed by atoms with Crippen molar-refractivity contribution in [1.29, 1.82) is 5.26 Å². The van der Waals surface area contributed by atoms with Crippen LogP contribution in [0.1, 0.15) is 16.7 Å². The fourth-order valence-electron chi connectivity index (χ4n) is 1.72. The highest BCUT2D eigenvalue weighted by Gasteiger charge is 2.07. The molecule has 2 heteroatoms. The van der Waals surface area contributed by atoms with E-state index in [2.05, 4.69) is 46.3 Å². The first-order valence-corrected chi connectivity index (χ1v) is 5.52. The highest BCUT2D eigenvalue weighted by molar-refractivity contribution is 9.10. The Morgan fingerprint density at radius 2 is 1.93 bits per heavy atom. The largest absolute Gasteiger partial charge is 0.192 e. The number of halogens is 1. The molecule has 0 fully saturated rings. The van der Waals surface area contributed by atoms with Crippen LogP contribution in [0.5, 0.6) is 0 Å². The minimum atomic E-state index is 0.767. The van der Waals surface area contributed by atoms with Crippen LogP contribution in [0.4, 0.5) is 0 Å². The fourth-order valence-corrected chi connectivity index (χ4v) is 2.17. The van der Waals surface area contributed by atoms with Gasteiger partial charge >= 0.3 is 0 Å². The summed E-state index contributed by atoms with van der Waals surface area (Å²) in [5, 5.41) is 11.3. The number of fused-ring (bicyclic) bond motifs is 1. The lowest BCUT2D eigenvalue weighted by molar-refractivity contribution is 1.39. The second kappa shape index (κ2) is 3.67. The van der Waals surface area contributed by atoms with Gasteiger partial charge in [0.2, 0.25) is 0 Å². The van der Waals surface area contributed by atoms with Crippen LogP contribution in [0.3, 0.4) is 0 Å². The molecule has 0 amide bonds. The third kappa shape index (κ3) is 1.64. The molecule has 0 unspecified atom stereocenters. The maximum absolute atomic E-state index is 9.16. The van der Waals surface area contributed by atoms with Crippen LogP contribution in [0, 0.1) is 25.2 Å². The molecule has 0 heterocycles. The number of aryl methyl sites for hydroxylation is 1. The highest BCUT2D eigenvalue weighted by Crippen LogP contribution is 2.29. The Kier molecular flexibility index (Phi) is 2.50. The Bertz CT molecular complexity index is 579. The van der Waals surface area contributed by atoms with Crippen molar-refractivity contribution >= 4 is 26.7 Å². The van der Waals surface area contributed by atoms with Crippen LogP contribution in [0.25, 0.3) is 10.8 Å². The number of nitriles is 1. The maximum atomic E-state index is 9.16. The molecule has 0 N–H and O–H groups in total. The van der Waals surface area contributed by atoms with E-state index in [9.17, 15) is 0 Å². The SMILES string of the molecule is Cc1ccc2cc(Br)c(C)c(C#N)c2c1. The molecule has 0 bridgehead atoms. The molecule has 2 aromatic carbocycles. The smallest absolute Gasteiger partial charge is 0.100 e. The van der Waals surface area contributed by atoms with E-state index >= 15 is 0 Å². The monoisotopic (exact) mass is 259 g/mol. The van der Waals surface area contributed by atoms with E-state index < -0.39 is 0 Å². The zero-order chi connectivity index (χ0) is 11.0. The van der Waals surface area contributed by atoms with Gasteiger partial charge in [-0.2, -0.15) is 5.26 Å². The minimum Gasteiger partial charge on any atom is -0.192 e. The van der Waals surface area contributed by atoms with Gasteiger partial charge in [-0.1, -0.05) is 39.7 Å². The van der Waals surface area contributed by atoms with Crippen LogP contribution >= 0.6 is 15.9 Å². The van der Waals surface area contributed by atoms with Crippen LogP contribution < -0.4 is 0 Å². The molecule has 2 aromatic rings. The van der Waals surface area contributed by atoms with Gasteiger partial charge in [-0.3, -0.25) is 0 Å². The summed E-state index contributed by atoms with van der Waals surface area (Å²) >= 11 is 3.48. The van der Waals surface area contributed by atoms with Gasteiger partial charge in [0.1, 0.15) is 6.07 Å². The summed E-state index contributed by atoms with van der Waals surface area (Å²) in [5.74, 6) is 0. The van der Waals surface area contributed by atoms with Gasteiger partial charge in [-0.05, 0) is 30.9 Å². The van der Waals surface area contributed by atoms with E-state index in [-0.39, 0.29) is 0 Å². The Morgan fingerprint density at radius 3 is 2.60 bits per heavy atom. The van der Waals surface area contributed by atoms with E-state index in [0.717, 1.165) is 26.4 Å². The van der Waals surface area contributed by atoms with Crippen molar-refractivity contribution in [2.45, 2.75) is 13.8 Å². The second-order valence-electron chi connectivity index (χ2n) is 3.69. The van der Waals surface area contributed by atoms with Gasteiger partial charge in [0, 0.05) is 9.86 Å². The van der Waals surface area contributed by atoms with Crippen molar-refractivity contribution in [1.82, 2.24) is 0 Å². The van der Waals surface area contributed by atoms with Crippen molar-refractivity contribution in [2.24, 2.45) is 0 Å². The van der Waals surface area contributed by atoms with Gasteiger partial charge in [0.05, 0.1) is 5.56 Å². The molecule has 0 spiro atoms. The number of hydrogen-bond acceptors (Lipinski definition) is 1. The predicted molar refractivity (Wildman–Crippen MR) is 65.8 cm³/mol. The van der Waals surface area contributed by atoms with Crippen LogP contribution in [0.15, 0.2) is 28.7 Å². The first-order chi connectivity index (χ1) is 7.13. The van der Waals surface area contributed by atoms with E-state index in [0.29, 0.717) is 0 Å². The number of benzene rings is 2. The third-order valence-corrected chi connectivity index (χ3v) is 3.43. The summed E-state index contributed by atoms with van der Waals surface area (Å²) in [5.41, 5.74) is 2.96. The quantitative estimate of drug-likeness (QED) is 0.699. The Labute approximate surface area is 97.5 Å². The topological polar surface area (TPSA) is 23.8 Å². The lowest BCUT2D eigenvalue weighted by atomic mass is 9.99. The van der Waals surface area contributed by atoms with Crippen LogP contribution in [-0.4, -0.2) is 0 Å². The summed E-state index contributed by atoms with van der Waals surface area (Å²) in [6, 6.07) is 10.5. The average molecular weight is 260 g/mol. The summed E-state index contributed by atoms with van der Waals surface area (Å²) in [4.78, 5) is 0. The predicted octanol–water partition coefficient (Wildman–Crippen LogP) is 4.09. The molecular weight excluding hydrogens is 250 g/mol. The Hall–Kier alpha value is -1.33. The van der Waals surface area contributed by atoms with Crippen molar-refractivity contribution in [3.8, 4) is 6.07 Å². The van der Waals surface area contributed by atoms with Gasteiger partial charge in [-0.15, -0.1) is 0 Å². The van der Waals surface area contributed by atoms with Crippen molar-refractivity contribution in [2.75, 3.05) is 0 Å². The number of nitrogens with zero attached hydrogens (tertiary/aromatic N) is 1. The minimum absolute atomic E-state index is 0.767. The van der Waals surface area contributed by atoms with E-state index in [1.54, 1.807) is 0 Å². The van der Waals surface area contributed by atoms with Crippen LogP contribution in [0.2, 0.25) is 0 Å². The van der Waals surface area contributed by atoms with Gasteiger partial charge < -0.3 is 0 Å². The molecule has 1 nitrogen and oxygen atoms in total. The molecule has 2 rings (SSSR count).